The molecule has 41 heavy (non-hydrogen) atoms. The Kier molecular flexibility index (Phi) is 12.4. The van der Waals surface area contributed by atoms with Crippen LogP contribution in [0.25, 0.3) is 21.5 Å². The van der Waals surface area contributed by atoms with Gasteiger partial charge in [0.1, 0.15) is 10.3 Å². The van der Waals surface area contributed by atoms with Crippen molar-refractivity contribution in [2.75, 3.05) is 0 Å². The summed E-state index contributed by atoms with van der Waals surface area (Å²) in [5.74, 6) is 0. The zero-order chi connectivity index (χ0) is 31.2. The van der Waals surface area contributed by atoms with Gasteiger partial charge < -0.3 is 9.53 Å². The van der Waals surface area contributed by atoms with Crippen LogP contribution >= 0.6 is 34.3 Å². The molecule has 4 aromatic rings. The summed E-state index contributed by atoms with van der Waals surface area (Å²) in [7, 11) is -3.12. The van der Waals surface area contributed by atoms with Crippen LogP contribution < -0.4 is 0 Å². The molecule has 4 nitrogen and oxygen atoms in total. The van der Waals surface area contributed by atoms with Gasteiger partial charge in [0.15, 0.2) is 15.7 Å². The van der Waals surface area contributed by atoms with E-state index in [9.17, 15) is 0 Å². The molecule has 0 aliphatic rings. The molecule has 0 fully saturated rings. The van der Waals surface area contributed by atoms with E-state index in [0.29, 0.717) is 22.0 Å². The average Bonchev–Trinajstić information content (AvgIpc) is 2.86. The van der Waals surface area contributed by atoms with E-state index < -0.39 is 15.7 Å². The molecule has 2 heterocycles. The highest BCUT2D eigenvalue weighted by atomic mass is 35.6. The minimum Gasteiger partial charge on any atom is -0.413 e. The SMILES string of the molecule is CC(C)(C)[Si](C)(C)Cl.CC(C)(C)[Si](C)(C)OCc1cccc2cnc(Cl)cc12.OCc1cccc2cnc(Cl)cc12. The average molecular weight is 652 g/mol. The quantitative estimate of drug-likeness (QED) is 0.135. The minimum absolute atomic E-state index is 0.0255. The molecule has 9 heteroatoms. The molecule has 1 N–H and O–H groups in total. The summed E-state index contributed by atoms with van der Waals surface area (Å²) < 4.78 is 6.30. The fraction of sp³-hybridized carbons (Fsp3) is 0.438. The summed E-state index contributed by atoms with van der Waals surface area (Å²) >= 11 is 17.9. The van der Waals surface area contributed by atoms with Gasteiger partial charge in [0, 0.05) is 23.2 Å². The Bertz CT molecular complexity index is 1430. The number of pyridine rings is 2. The Hall–Kier alpha value is -1.52. The van der Waals surface area contributed by atoms with Crippen LogP contribution in [0.4, 0.5) is 0 Å². The molecule has 0 spiro atoms. The first-order valence-corrected chi connectivity index (χ1v) is 21.4. The molecule has 224 valence electrons. The molecular formula is C32H45Cl3N2O2Si2. The predicted molar refractivity (Wildman–Crippen MR) is 184 cm³/mol. The highest BCUT2D eigenvalue weighted by Gasteiger charge is 2.37. The highest BCUT2D eigenvalue weighted by Crippen LogP contribution is 2.38. The number of fused-ring (bicyclic) bond motifs is 2. The van der Waals surface area contributed by atoms with Gasteiger partial charge in [-0.1, -0.05) is 114 Å². The van der Waals surface area contributed by atoms with Crippen LogP contribution in [0.1, 0.15) is 52.7 Å². The van der Waals surface area contributed by atoms with Crippen molar-refractivity contribution in [2.24, 2.45) is 0 Å². The van der Waals surface area contributed by atoms with Crippen LogP contribution in [0.3, 0.4) is 0 Å². The predicted octanol–water partition coefficient (Wildman–Crippen LogP) is 11.0. The smallest absolute Gasteiger partial charge is 0.192 e. The van der Waals surface area contributed by atoms with Crippen molar-refractivity contribution >= 4 is 71.5 Å². The Morgan fingerprint density at radius 2 is 1.15 bits per heavy atom. The number of rotatable bonds is 4. The molecule has 0 amide bonds. The lowest BCUT2D eigenvalue weighted by atomic mass is 10.1. The molecular weight excluding hydrogens is 607 g/mol. The van der Waals surface area contributed by atoms with E-state index in [4.69, 9.17) is 43.8 Å². The van der Waals surface area contributed by atoms with Gasteiger partial charge in [0.25, 0.3) is 0 Å². The second kappa shape index (κ2) is 14.3. The molecule has 0 unspecified atom stereocenters. The van der Waals surface area contributed by atoms with Crippen molar-refractivity contribution in [1.29, 1.82) is 0 Å². The monoisotopic (exact) mass is 650 g/mol. The fourth-order valence-corrected chi connectivity index (χ4v) is 4.42. The standard InChI is InChI=1S/C16H22ClNOSi.C10H8ClNO.C6H15ClSi/c1-16(2,3)20(4,5)19-11-13-8-6-7-12-10-18-15(17)9-14(12)13;11-10-4-9-7(5-12-10)2-1-3-8(9)6-13;1-6(2,3)8(4,5)7/h6-10H,11H2,1-5H3;1-5,13H,6H2;1-5H3. The molecule has 2 aromatic heterocycles. The number of aromatic nitrogens is 2. The number of benzene rings is 2. The van der Waals surface area contributed by atoms with E-state index in [1.165, 1.54) is 5.56 Å². The molecule has 0 bridgehead atoms. The van der Waals surface area contributed by atoms with E-state index in [0.717, 1.165) is 27.1 Å². The van der Waals surface area contributed by atoms with Crippen LogP contribution in [0.5, 0.6) is 0 Å². The molecule has 0 radical (unpaired) electrons. The van der Waals surface area contributed by atoms with E-state index >= 15 is 0 Å². The van der Waals surface area contributed by atoms with Crippen molar-refractivity contribution in [3.05, 3.63) is 82.4 Å². The van der Waals surface area contributed by atoms with Crippen LogP contribution in [-0.2, 0) is 17.6 Å². The van der Waals surface area contributed by atoms with E-state index in [1.807, 2.05) is 36.5 Å². The first-order valence-electron chi connectivity index (χ1n) is 13.8. The minimum atomic E-state index is -1.74. The van der Waals surface area contributed by atoms with E-state index in [-0.39, 0.29) is 11.6 Å². The van der Waals surface area contributed by atoms with Gasteiger partial charge in [-0.3, -0.25) is 0 Å². The van der Waals surface area contributed by atoms with Gasteiger partial charge in [-0.05, 0) is 57.2 Å². The van der Waals surface area contributed by atoms with Crippen molar-refractivity contribution in [3.8, 4) is 0 Å². The number of hydrogen-bond acceptors (Lipinski definition) is 4. The summed E-state index contributed by atoms with van der Waals surface area (Å²) in [5.41, 5.74) is 2.05. The van der Waals surface area contributed by atoms with E-state index in [1.54, 1.807) is 12.3 Å². The Morgan fingerprint density at radius 3 is 1.54 bits per heavy atom. The molecule has 2 aromatic carbocycles. The molecule has 0 aliphatic heterocycles. The summed E-state index contributed by atoms with van der Waals surface area (Å²) in [6.07, 6.45) is 3.52. The van der Waals surface area contributed by atoms with E-state index in [2.05, 4.69) is 89.8 Å². The third-order valence-electron chi connectivity index (χ3n) is 7.99. The Labute approximate surface area is 263 Å². The van der Waals surface area contributed by atoms with Crippen LogP contribution in [-0.4, -0.2) is 30.8 Å². The van der Waals surface area contributed by atoms with Crippen molar-refractivity contribution in [2.45, 2.75) is 91.0 Å². The molecule has 0 saturated carbocycles. The van der Waals surface area contributed by atoms with Gasteiger partial charge in [-0.2, -0.15) is 11.1 Å². The van der Waals surface area contributed by atoms with Crippen molar-refractivity contribution < 1.29 is 9.53 Å². The maximum Gasteiger partial charge on any atom is 0.192 e. The Balaban J connectivity index is 0.000000240. The second-order valence-corrected chi connectivity index (χ2v) is 26.1. The fourth-order valence-electron chi connectivity index (χ4n) is 3.16. The number of hydrogen-bond donors (Lipinski definition) is 1. The number of aliphatic hydroxyl groups excluding tert-OH is 1. The van der Waals surface area contributed by atoms with Crippen LogP contribution in [0, 0.1) is 0 Å². The van der Waals surface area contributed by atoms with Gasteiger partial charge in [0.2, 0.25) is 0 Å². The van der Waals surface area contributed by atoms with Gasteiger partial charge in [0.05, 0.1) is 13.2 Å². The van der Waals surface area contributed by atoms with Gasteiger partial charge >= 0.3 is 0 Å². The Morgan fingerprint density at radius 1 is 0.732 bits per heavy atom. The third-order valence-corrected chi connectivity index (χ3v) is 18.1. The normalized spacial score (nSPS) is 12.4. The lowest BCUT2D eigenvalue weighted by Gasteiger charge is -2.36. The first-order chi connectivity index (χ1) is 18.8. The number of halogens is 3. The lowest BCUT2D eigenvalue weighted by molar-refractivity contribution is 0.277. The first kappa shape index (κ1) is 35.7. The third kappa shape index (κ3) is 10.3. The van der Waals surface area contributed by atoms with Crippen LogP contribution in [0.15, 0.2) is 60.9 Å². The van der Waals surface area contributed by atoms with Crippen molar-refractivity contribution in [1.82, 2.24) is 9.97 Å². The maximum atomic E-state index is 9.06. The summed E-state index contributed by atoms with van der Waals surface area (Å²) in [6, 6.07) is 15.6. The van der Waals surface area contributed by atoms with Crippen LogP contribution in [0.2, 0.25) is 46.6 Å². The molecule has 4 rings (SSSR count). The number of nitrogens with zero attached hydrogens (tertiary/aromatic N) is 2. The molecule has 0 aliphatic carbocycles. The summed E-state index contributed by atoms with van der Waals surface area (Å²) in [4.78, 5) is 8.10. The summed E-state index contributed by atoms with van der Waals surface area (Å²) in [5, 5.41) is 14.8. The largest absolute Gasteiger partial charge is 0.413 e. The zero-order valence-electron chi connectivity index (χ0n) is 26.1. The molecule has 0 saturated heterocycles. The maximum absolute atomic E-state index is 9.06. The number of aliphatic hydroxyl groups is 1. The molecule has 0 atom stereocenters. The van der Waals surface area contributed by atoms with Gasteiger partial charge in [-0.15, -0.1) is 0 Å². The topological polar surface area (TPSA) is 55.2 Å². The van der Waals surface area contributed by atoms with Crippen molar-refractivity contribution in [3.63, 3.8) is 0 Å². The summed E-state index contributed by atoms with van der Waals surface area (Å²) in [6.45, 7) is 22.9. The zero-order valence-corrected chi connectivity index (χ0v) is 30.3. The lowest BCUT2D eigenvalue weighted by Crippen LogP contribution is -2.40. The highest BCUT2D eigenvalue weighted by molar-refractivity contribution is 7.20. The van der Waals surface area contributed by atoms with Gasteiger partial charge in [-0.25, -0.2) is 9.97 Å². The second-order valence-electron chi connectivity index (χ2n) is 13.2.